The molecule has 1 aromatic heterocycles. The minimum absolute atomic E-state index is 0.0305. The summed E-state index contributed by atoms with van der Waals surface area (Å²) in [4.78, 5) is 0. The predicted octanol–water partition coefficient (Wildman–Crippen LogP) is 12.0. The second-order valence-corrected chi connectivity index (χ2v) is 10.2. The summed E-state index contributed by atoms with van der Waals surface area (Å²) in [6.45, 7) is 0. The van der Waals surface area contributed by atoms with Crippen LogP contribution in [-0.2, 0) is 0 Å². The molecule has 0 aliphatic heterocycles. The van der Waals surface area contributed by atoms with Gasteiger partial charge in [0.25, 0.3) is 0 Å². The Bertz CT molecular complexity index is 3220. The molecule has 8 aromatic carbocycles. The highest BCUT2D eigenvalue weighted by Gasteiger charge is 2.17. The van der Waals surface area contributed by atoms with Crippen molar-refractivity contribution in [2.24, 2.45) is 0 Å². The van der Waals surface area contributed by atoms with E-state index in [0.29, 0.717) is 21.9 Å². The Morgan fingerprint density at radius 1 is 0.372 bits per heavy atom. The minimum Gasteiger partial charge on any atom is -0.456 e. The van der Waals surface area contributed by atoms with Gasteiger partial charge < -0.3 is 4.42 Å². The van der Waals surface area contributed by atoms with Crippen LogP contribution in [0.15, 0.2) is 162 Å². The van der Waals surface area contributed by atoms with Crippen LogP contribution in [-0.4, -0.2) is 0 Å². The Morgan fingerprint density at radius 2 is 0.930 bits per heavy atom. The molecule has 0 radical (unpaired) electrons. The molecule has 1 heteroatoms. The van der Waals surface area contributed by atoms with E-state index in [2.05, 4.69) is 0 Å². The predicted molar refractivity (Wildman–Crippen MR) is 183 cm³/mol. The van der Waals surface area contributed by atoms with Gasteiger partial charge in [-0.05, 0) is 89.9 Å². The Kier molecular flexibility index (Phi) is 3.07. The maximum atomic E-state index is 9.42. The van der Waals surface area contributed by atoms with E-state index in [-0.39, 0.29) is 74.0 Å². The fourth-order valence-electron chi connectivity index (χ4n) is 5.86. The molecule has 1 heterocycles. The van der Waals surface area contributed by atoms with Crippen molar-refractivity contribution in [3.8, 4) is 33.4 Å². The van der Waals surface area contributed by atoms with Crippen molar-refractivity contribution in [3.63, 3.8) is 0 Å². The zero-order chi connectivity index (χ0) is 40.5. The Hall–Kier alpha value is -5.66. The second kappa shape index (κ2) is 9.44. The first-order valence-corrected chi connectivity index (χ1v) is 13.6. The standard InChI is InChI=1S/C42H26O/c1-2-10-30-25-31(22-19-27(30)9-1)28-17-20-29(21-18-28)41-35-12-3-5-14-37(35)42(38-15-6-4-13-36(38)41)32-23-24-34-33-11-7-8-16-39(33)43-40(34)26-32/h1-26H/i1D,2D,7D,8D,9D,10D,11D,16D,19D,22D,23D,24D,25D,26D. The lowest BCUT2D eigenvalue weighted by Gasteiger charge is -2.18. The zero-order valence-electron chi connectivity index (χ0n) is 36.3. The molecule has 0 fully saturated rings. The van der Waals surface area contributed by atoms with Gasteiger partial charge in [-0.1, -0.05) is 133 Å². The van der Waals surface area contributed by atoms with Gasteiger partial charge in [0, 0.05) is 10.8 Å². The van der Waals surface area contributed by atoms with Gasteiger partial charge in [-0.2, -0.15) is 0 Å². The first kappa shape index (κ1) is 14.0. The summed E-state index contributed by atoms with van der Waals surface area (Å²) in [5.41, 5.74) is 2.27. The van der Waals surface area contributed by atoms with E-state index in [4.69, 9.17) is 20.9 Å². The number of furan rings is 1. The molecule has 0 aliphatic rings. The van der Waals surface area contributed by atoms with Gasteiger partial charge in [0.05, 0.1) is 19.2 Å². The van der Waals surface area contributed by atoms with Crippen LogP contribution in [0.25, 0.3) is 87.6 Å². The van der Waals surface area contributed by atoms with E-state index in [1.807, 2.05) is 60.7 Å². The van der Waals surface area contributed by atoms with Gasteiger partial charge >= 0.3 is 0 Å². The van der Waals surface area contributed by atoms with E-state index in [1.54, 1.807) is 12.1 Å². The maximum absolute atomic E-state index is 9.42. The summed E-state index contributed by atoms with van der Waals surface area (Å²) in [5, 5.41) is 2.40. The van der Waals surface area contributed by atoms with Crippen LogP contribution in [0.1, 0.15) is 19.2 Å². The minimum atomic E-state index is -0.535. The summed E-state index contributed by atoms with van der Waals surface area (Å²) >= 11 is 0. The molecule has 9 aromatic rings. The average Bonchev–Trinajstić information content (AvgIpc) is 3.63. The van der Waals surface area contributed by atoms with Crippen LogP contribution in [0.3, 0.4) is 0 Å². The van der Waals surface area contributed by atoms with Crippen molar-refractivity contribution < 1.29 is 23.6 Å². The highest BCUT2D eigenvalue weighted by atomic mass is 16.3. The van der Waals surface area contributed by atoms with Crippen molar-refractivity contribution in [1.82, 2.24) is 0 Å². The second-order valence-electron chi connectivity index (χ2n) is 10.2. The molecule has 1 nitrogen and oxygen atoms in total. The summed E-state index contributed by atoms with van der Waals surface area (Å²) in [6.07, 6.45) is 0. The van der Waals surface area contributed by atoms with Crippen molar-refractivity contribution >= 4 is 54.3 Å². The lowest BCUT2D eigenvalue weighted by atomic mass is 9.85. The lowest BCUT2D eigenvalue weighted by molar-refractivity contribution is 0.669. The van der Waals surface area contributed by atoms with Crippen LogP contribution in [0.2, 0.25) is 0 Å². The summed E-state index contributed by atoms with van der Waals surface area (Å²) in [6, 6.07) is 16.1. The molecule has 0 saturated heterocycles. The fourth-order valence-corrected chi connectivity index (χ4v) is 5.86. The monoisotopic (exact) mass is 560 g/mol. The molecule has 0 unspecified atom stereocenters. The van der Waals surface area contributed by atoms with Gasteiger partial charge in [0.2, 0.25) is 0 Å². The van der Waals surface area contributed by atoms with Gasteiger partial charge in [0.1, 0.15) is 11.2 Å². The van der Waals surface area contributed by atoms with Crippen molar-refractivity contribution in [2.75, 3.05) is 0 Å². The molecule has 43 heavy (non-hydrogen) atoms. The number of hydrogen-bond acceptors (Lipinski definition) is 1. The first-order chi connectivity index (χ1) is 27.2. The Balaban J connectivity index is 1.29. The first-order valence-electron chi connectivity index (χ1n) is 20.6. The zero-order valence-corrected chi connectivity index (χ0v) is 22.3. The highest BCUT2D eigenvalue weighted by molar-refractivity contribution is 6.22. The van der Waals surface area contributed by atoms with Gasteiger partial charge in [-0.15, -0.1) is 0 Å². The highest BCUT2D eigenvalue weighted by Crippen LogP contribution is 2.45. The number of benzene rings is 8. The molecule has 0 bridgehead atoms. The van der Waals surface area contributed by atoms with Gasteiger partial charge in [-0.3, -0.25) is 0 Å². The van der Waals surface area contributed by atoms with E-state index in [9.17, 15) is 2.74 Å². The summed E-state index contributed by atoms with van der Waals surface area (Å²) < 4.78 is 127. The summed E-state index contributed by atoms with van der Waals surface area (Å²) in [7, 11) is 0. The van der Waals surface area contributed by atoms with Crippen molar-refractivity contribution in [1.29, 1.82) is 0 Å². The van der Waals surface area contributed by atoms with Gasteiger partial charge in [0.15, 0.2) is 0 Å². The van der Waals surface area contributed by atoms with E-state index >= 15 is 0 Å². The lowest BCUT2D eigenvalue weighted by Crippen LogP contribution is -1.91. The third-order valence-electron chi connectivity index (χ3n) is 7.78. The molecular weight excluding hydrogens is 520 g/mol. The van der Waals surface area contributed by atoms with Crippen LogP contribution in [0.4, 0.5) is 0 Å². The van der Waals surface area contributed by atoms with Crippen LogP contribution in [0.5, 0.6) is 0 Å². The van der Waals surface area contributed by atoms with Crippen LogP contribution < -0.4 is 0 Å². The molecule has 0 atom stereocenters. The number of para-hydroxylation sites is 1. The van der Waals surface area contributed by atoms with E-state index in [0.717, 1.165) is 21.9 Å². The molecule has 0 spiro atoms. The third-order valence-corrected chi connectivity index (χ3v) is 7.78. The maximum Gasteiger partial charge on any atom is 0.136 e. The molecule has 0 N–H and O–H groups in total. The van der Waals surface area contributed by atoms with Gasteiger partial charge in [-0.25, -0.2) is 0 Å². The molecule has 200 valence electrons. The van der Waals surface area contributed by atoms with Crippen molar-refractivity contribution in [2.45, 2.75) is 0 Å². The Labute approximate surface area is 268 Å². The van der Waals surface area contributed by atoms with Crippen LogP contribution in [0, 0.1) is 0 Å². The van der Waals surface area contributed by atoms with Crippen molar-refractivity contribution in [3.05, 3.63) is 157 Å². The quantitative estimate of drug-likeness (QED) is 0.196. The molecule has 0 amide bonds. The fraction of sp³-hybridized carbons (Fsp3) is 0. The normalized spacial score (nSPS) is 16.3. The molecule has 9 rings (SSSR count). The van der Waals surface area contributed by atoms with Crippen LogP contribution >= 0.6 is 0 Å². The van der Waals surface area contributed by atoms with E-state index in [1.165, 1.54) is 0 Å². The Morgan fingerprint density at radius 3 is 1.65 bits per heavy atom. The third kappa shape index (κ3) is 3.79. The number of rotatable bonds is 3. The molecule has 0 saturated carbocycles. The molecular formula is C42H26O. The SMILES string of the molecule is [2H]c1c([2H])c([2H])c2c(oc3c([2H])c(-c4c5ccccc5c(-c5ccc(-c6c([2H])c([2H])c7c([2H])c([2H])c([2H])c([2H])c7c6[2H])cc5)c5ccccc45)c([2H])c([2H])c32)c1[2H]. The molecule has 0 aliphatic carbocycles. The average molecular weight is 561 g/mol. The van der Waals surface area contributed by atoms with E-state index < -0.39 is 54.4 Å². The number of hydrogen-bond donors (Lipinski definition) is 0. The number of fused-ring (bicyclic) bond motifs is 6. The largest absolute Gasteiger partial charge is 0.456 e. The topological polar surface area (TPSA) is 13.1 Å². The smallest absolute Gasteiger partial charge is 0.136 e. The summed E-state index contributed by atoms with van der Waals surface area (Å²) in [5.74, 6) is 0.